The van der Waals surface area contributed by atoms with Crippen LogP contribution in [-0.2, 0) is 15.7 Å². The minimum absolute atomic E-state index is 0.0500. The van der Waals surface area contributed by atoms with Crippen molar-refractivity contribution in [3.05, 3.63) is 28.8 Å². The lowest BCUT2D eigenvalue weighted by molar-refractivity contribution is -0.137. The summed E-state index contributed by atoms with van der Waals surface area (Å²) in [4.78, 5) is 30.5. The predicted molar refractivity (Wildman–Crippen MR) is 105 cm³/mol. The lowest BCUT2D eigenvalue weighted by Crippen LogP contribution is -2.57. The molecule has 0 aliphatic carbocycles. The number of morpholine rings is 1. The minimum atomic E-state index is -4.64. The lowest BCUT2D eigenvalue weighted by Gasteiger charge is -2.40. The first-order chi connectivity index (χ1) is 14.2. The summed E-state index contributed by atoms with van der Waals surface area (Å²) in [7, 11) is 0. The van der Waals surface area contributed by atoms with Crippen molar-refractivity contribution in [1.29, 1.82) is 0 Å². The molecule has 0 saturated carbocycles. The molecule has 1 atom stereocenters. The molecule has 2 saturated heterocycles. The number of nitrogens with one attached hydrogen (secondary N) is 1. The SMILES string of the molecule is C[C@@H](C(=O)Nc1ccc(Cl)cc1C(F)(F)F)N1CCN(C(=O)N2CCOCC2)CC1. The Morgan fingerprint density at radius 3 is 2.27 bits per heavy atom. The third-order valence-corrected chi connectivity index (χ3v) is 5.57. The number of carbonyl (C=O) groups is 2. The molecule has 30 heavy (non-hydrogen) atoms. The molecule has 7 nitrogen and oxygen atoms in total. The molecule has 11 heteroatoms. The summed E-state index contributed by atoms with van der Waals surface area (Å²) in [6, 6.07) is 2.54. The maximum Gasteiger partial charge on any atom is 0.418 e. The summed E-state index contributed by atoms with van der Waals surface area (Å²) < 4.78 is 45.0. The van der Waals surface area contributed by atoms with E-state index in [9.17, 15) is 22.8 Å². The average molecular weight is 449 g/mol. The summed E-state index contributed by atoms with van der Waals surface area (Å²) in [5.74, 6) is -0.546. The molecule has 2 aliphatic heterocycles. The van der Waals surface area contributed by atoms with E-state index in [1.165, 1.54) is 6.07 Å². The van der Waals surface area contributed by atoms with E-state index in [0.29, 0.717) is 52.5 Å². The van der Waals surface area contributed by atoms with E-state index in [1.54, 1.807) is 16.7 Å². The Morgan fingerprint density at radius 2 is 1.67 bits per heavy atom. The first-order valence-corrected chi connectivity index (χ1v) is 10.1. The van der Waals surface area contributed by atoms with Gasteiger partial charge in [-0.2, -0.15) is 13.2 Å². The van der Waals surface area contributed by atoms with E-state index in [-0.39, 0.29) is 16.7 Å². The quantitative estimate of drug-likeness (QED) is 0.772. The van der Waals surface area contributed by atoms with Crippen LogP contribution in [0.3, 0.4) is 0 Å². The van der Waals surface area contributed by atoms with Crippen molar-refractivity contribution in [3.63, 3.8) is 0 Å². The number of carbonyl (C=O) groups excluding carboxylic acids is 2. The molecule has 1 N–H and O–H groups in total. The molecule has 0 aromatic heterocycles. The van der Waals surface area contributed by atoms with E-state index in [4.69, 9.17) is 16.3 Å². The Balaban J connectivity index is 1.57. The van der Waals surface area contributed by atoms with Crippen molar-refractivity contribution >= 4 is 29.2 Å². The number of ether oxygens (including phenoxy) is 1. The van der Waals surface area contributed by atoms with Gasteiger partial charge < -0.3 is 19.9 Å². The van der Waals surface area contributed by atoms with Gasteiger partial charge in [0.2, 0.25) is 5.91 Å². The minimum Gasteiger partial charge on any atom is -0.378 e. The molecule has 0 radical (unpaired) electrons. The number of halogens is 4. The molecule has 0 bridgehead atoms. The fraction of sp³-hybridized carbons (Fsp3) is 0.579. The number of urea groups is 1. The van der Waals surface area contributed by atoms with Gasteiger partial charge in [-0.3, -0.25) is 9.69 Å². The summed E-state index contributed by atoms with van der Waals surface area (Å²) in [6.45, 7) is 5.60. The molecule has 0 unspecified atom stereocenters. The normalized spacial score (nSPS) is 19.5. The van der Waals surface area contributed by atoms with E-state index in [1.807, 2.05) is 4.90 Å². The molecule has 2 heterocycles. The van der Waals surface area contributed by atoms with Crippen LogP contribution in [0.25, 0.3) is 0 Å². The van der Waals surface area contributed by atoms with E-state index in [2.05, 4.69) is 5.32 Å². The highest BCUT2D eigenvalue weighted by Crippen LogP contribution is 2.36. The zero-order valence-electron chi connectivity index (χ0n) is 16.5. The highest BCUT2D eigenvalue weighted by molar-refractivity contribution is 6.30. The number of hydrogen-bond donors (Lipinski definition) is 1. The topological polar surface area (TPSA) is 65.1 Å². The van der Waals surface area contributed by atoms with Crippen LogP contribution < -0.4 is 5.32 Å². The molecular weight excluding hydrogens is 425 g/mol. The number of nitrogens with zero attached hydrogens (tertiary/aromatic N) is 3. The summed E-state index contributed by atoms with van der Waals surface area (Å²) in [5.41, 5.74) is -1.32. The predicted octanol–water partition coefficient (Wildman–Crippen LogP) is 2.76. The van der Waals surface area contributed by atoms with E-state index in [0.717, 1.165) is 12.1 Å². The largest absolute Gasteiger partial charge is 0.418 e. The fourth-order valence-electron chi connectivity index (χ4n) is 3.52. The maximum absolute atomic E-state index is 13.2. The van der Waals surface area contributed by atoms with Crippen LogP contribution in [0.15, 0.2) is 18.2 Å². The molecule has 1 aromatic rings. The van der Waals surface area contributed by atoms with Crippen LogP contribution in [0.5, 0.6) is 0 Å². The fourth-order valence-corrected chi connectivity index (χ4v) is 3.69. The molecule has 3 amide bonds. The van der Waals surface area contributed by atoms with Gasteiger partial charge in [-0.15, -0.1) is 0 Å². The number of rotatable bonds is 3. The molecule has 3 rings (SSSR count). The molecule has 2 aliphatic rings. The Kier molecular flexibility index (Phi) is 7.10. The molecule has 1 aromatic carbocycles. The third-order valence-electron chi connectivity index (χ3n) is 5.34. The number of piperazine rings is 1. The van der Waals surface area contributed by atoms with Gasteiger partial charge in [-0.05, 0) is 25.1 Å². The van der Waals surface area contributed by atoms with Gasteiger partial charge in [0.05, 0.1) is 30.5 Å². The van der Waals surface area contributed by atoms with Crippen molar-refractivity contribution in [2.45, 2.75) is 19.1 Å². The number of anilines is 1. The second kappa shape index (κ2) is 9.40. The van der Waals surface area contributed by atoms with Gasteiger partial charge >= 0.3 is 12.2 Å². The number of amides is 3. The van der Waals surface area contributed by atoms with Gasteiger partial charge in [0.1, 0.15) is 0 Å². The standard InChI is InChI=1S/C19H24ClF3N4O3/c1-13(17(28)24-16-3-2-14(20)12-15(16)19(21,22)23)25-4-6-26(7-5-25)18(29)27-8-10-30-11-9-27/h2-3,12-13H,4-11H2,1H3,(H,24,28)/t13-/m0/s1. The van der Waals surface area contributed by atoms with Gasteiger partial charge in [-0.1, -0.05) is 11.6 Å². The first kappa shape index (κ1) is 22.6. The summed E-state index contributed by atoms with van der Waals surface area (Å²) in [6.07, 6.45) is -4.64. The summed E-state index contributed by atoms with van der Waals surface area (Å²) in [5, 5.41) is 2.30. The van der Waals surface area contributed by atoms with Gasteiger partial charge in [0, 0.05) is 44.3 Å². The monoisotopic (exact) mass is 448 g/mol. The van der Waals surface area contributed by atoms with Crippen LogP contribution in [0.4, 0.5) is 23.7 Å². The van der Waals surface area contributed by atoms with Crippen molar-refractivity contribution in [3.8, 4) is 0 Å². The van der Waals surface area contributed by atoms with Crippen LogP contribution in [-0.4, -0.2) is 85.2 Å². The second-order valence-corrected chi connectivity index (χ2v) is 7.69. The average Bonchev–Trinajstić information content (AvgIpc) is 2.74. The van der Waals surface area contributed by atoms with Crippen molar-refractivity contribution in [1.82, 2.24) is 14.7 Å². The van der Waals surface area contributed by atoms with Gasteiger partial charge in [0.15, 0.2) is 0 Å². The smallest absolute Gasteiger partial charge is 0.378 e. The van der Waals surface area contributed by atoms with Crippen molar-refractivity contribution < 1.29 is 27.5 Å². The van der Waals surface area contributed by atoms with E-state index >= 15 is 0 Å². The van der Waals surface area contributed by atoms with Crippen LogP contribution in [0.2, 0.25) is 5.02 Å². The van der Waals surface area contributed by atoms with Gasteiger partial charge in [0.25, 0.3) is 0 Å². The number of benzene rings is 1. The Morgan fingerprint density at radius 1 is 1.07 bits per heavy atom. The number of alkyl halides is 3. The molecule has 166 valence electrons. The maximum atomic E-state index is 13.2. The van der Waals surface area contributed by atoms with Crippen LogP contribution >= 0.6 is 11.6 Å². The second-order valence-electron chi connectivity index (χ2n) is 7.26. The number of hydrogen-bond acceptors (Lipinski definition) is 4. The first-order valence-electron chi connectivity index (χ1n) is 9.70. The zero-order valence-corrected chi connectivity index (χ0v) is 17.3. The Bertz CT molecular complexity index is 779. The van der Waals surface area contributed by atoms with Crippen LogP contribution in [0, 0.1) is 0 Å². The summed E-state index contributed by atoms with van der Waals surface area (Å²) >= 11 is 5.68. The molecular formula is C19H24ClF3N4O3. The lowest BCUT2D eigenvalue weighted by atomic mass is 10.1. The molecule has 0 spiro atoms. The van der Waals surface area contributed by atoms with Crippen molar-refractivity contribution in [2.24, 2.45) is 0 Å². The Labute approximate surface area is 177 Å². The zero-order chi connectivity index (χ0) is 21.9. The van der Waals surface area contributed by atoms with Crippen LogP contribution in [0.1, 0.15) is 12.5 Å². The van der Waals surface area contributed by atoms with E-state index < -0.39 is 23.7 Å². The molecule has 2 fully saturated rings. The van der Waals surface area contributed by atoms with Gasteiger partial charge in [-0.25, -0.2) is 4.79 Å². The highest BCUT2D eigenvalue weighted by atomic mass is 35.5. The highest BCUT2D eigenvalue weighted by Gasteiger charge is 2.35. The third kappa shape index (κ3) is 5.35. The van der Waals surface area contributed by atoms with Crippen molar-refractivity contribution in [2.75, 3.05) is 57.8 Å². The Hall–Kier alpha value is -2.04.